The van der Waals surface area contributed by atoms with Gasteiger partial charge in [0.2, 0.25) is 0 Å². The van der Waals surface area contributed by atoms with Crippen LogP contribution in [0, 0.1) is 5.82 Å². The number of pyridine rings is 1. The van der Waals surface area contributed by atoms with Crippen LogP contribution in [0.2, 0.25) is 0 Å². The number of ether oxygens (including phenoxy) is 1. The normalized spacial score (nSPS) is 18.1. The highest BCUT2D eigenvalue weighted by Crippen LogP contribution is 2.35. The maximum Gasteiger partial charge on any atom is 0.255 e. The molecule has 32 heavy (non-hydrogen) atoms. The van der Waals surface area contributed by atoms with Crippen molar-refractivity contribution in [3.63, 3.8) is 0 Å². The molecule has 0 saturated carbocycles. The highest BCUT2D eigenvalue weighted by atomic mass is 19.1. The number of nitrogens with one attached hydrogen (secondary N) is 1. The molecule has 6 heteroatoms. The van der Waals surface area contributed by atoms with E-state index in [1.807, 2.05) is 42.5 Å². The van der Waals surface area contributed by atoms with Gasteiger partial charge in [0.15, 0.2) is 0 Å². The number of fused-ring (bicyclic) bond motifs is 1. The molecular weight excluding hydrogens is 405 g/mol. The van der Waals surface area contributed by atoms with Crippen molar-refractivity contribution in [2.24, 2.45) is 0 Å². The molecular formula is C26H28FN3O2. The first kappa shape index (κ1) is 20.9. The summed E-state index contributed by atoms with van der Waals surface area (Å²) < 4.78 is 19.1. The molecule has 2 aliphatic heterocycles. The molecule has 0 atom stereocenters. The van der Waals surface area contributed by atoms with Gasteiger partial charge in [0.25, 0.3) is 5.91 Å². The van der Waals surface area contributed by atoms with Crippen LogP contribution in [-0.2, 0) is 10.2 Å². The van der Waals surface area contributed by atoms with Crippen LogP contribution in [0.15, 0.2) is 54.6 Å². The average Bonchev–Trinajstić information content (AvgIpc) is 3.38. The molecule has 1 amide bonds. The highest BCUT2D eigenvalue weighted by molar-refractivity contribution is 6.02. The van der Waals surface area contributed by atoms with Gasteiger partial charge in [-0.15, -0.1) is 0 Å². The highest BCUT2D eigenvalue weighted by Gasteiger charge is 2.35. The number of nitrogens with zero attached hydrogens (tertiary/aromatic N) is 2. The molecule has 1 N–H and O–H groups in total. The van der Waals surface area contributed by atoms with Gasteiger partial charge in [0.1, 0.15) is 11.6 Å². The van der Waals surface area contributed by atoms with Crippen molar-refractivity contribution in [1.82, 2.24) is 10.3 Å². The summed E-state index contributed by atoms with van der Waals surface area (Å²) in [5.74, 6) is 0.400. The number of benzene rings is 2. The van der Waals surface area contributed by atoms with Gasteiger partial charge >= 0.3 is 0 Å². The summed E-state index contributed by atoms with van der Waals surface area (Å²) in [6.45, 7) is 3.58. The SMILES string of the molecule is O=C(NCC1(c2ccc(F)cc2)CCOCC1)c1cc2ccccc2nc1N1CCCC1. The second-order valence-corrected chi connectivity index (χ2v) is 8.83. The van der Waals surface area contributed by atoms with Crippen LogP contribution >= 0.6 is 0 Å². The number of carbonyl (C=O) groups is 1. The maximum absolute atomic E-state index is 13.5. The van der Waals surface area contributed by atoms with E-state index in [1.165, 1.54) is 12.1 Å². The van der Waals surface area contributed by atoms with E-state index in [-0.39, 0.29) is 17.1 Å². The molecule has 166 valence electrons. The predicted octanol–water partition coefficient (Wildman–Crippen LogP) is 4.45. The summed E-state index contributed by atoms with van der Waals surface area (Å²) in [6, 6.07) is 16.5. The van der Waals surface area contributed by atoms with Crippen LogP contribution < -0.4 is 10.2 Å². The topological polar surface area (TPSA) is 54.5 Å². The van der Waals surface area contributed by atoms with E-state index in [2.05, 4.69) is 10.2 Å². The van der Waals surface area contributed by atoms with Gasteiger partial charge in [0, 0.05) is 43.6 Å². The fourth-order valence-corrected chi connectivity index (χ4v) is 4.92. The summed E-state index contributed by atoms with van der Waals surface area (Å²) >= 11 is 0. The zero-order valence-electron chi connectivity index (χ0n) is 18.1. The third kappa shape index (κ3) is 4.07. The first-order valence-electron chi connectivity index (χ1n) is 11.4. The van der Waals surface area contributed by atoms with E-state index in [0.717, 1.165) is 61.1 Å². The summed E-state index contributed by atoms with van der Waals surface area (Å²) in [6.07, 6.45) is 3.80. The number of carbonyl (C=O) groups excluding carboxylic acids is 1. The fraction of sp³-hybridized carbons (Fsp3) is 0.385. The predicted molar refractivity (Wildman–Crippen MR) is 124 cm³/mol. The summed E-state index contributed by atoms with van der Waals surface area (Å²) in [7, 11) is 0. The number of para-hydroxylation sites is 1. The van der Waals surface area contributed by atoms with Crippen molar-refractivity contribution < 1.29 is 13.9 Å². The van der Waals surface area contributed by atoms with Crippen molar-refractivity contribution in [3.05, 3.63) is 71.5 Å². The van der Waals surface area contributed by atoms with E-state index in [4.69, 9.17) is 9.72 Å². The van der Waals surface area contributed by atoms with Crippen molar-refractivity contribution in [2.75, 3.05) is 37.7 Å². The van der Waals surface area contributed by atoms with E-state index < -0.39 is 0 Å². The molecule has 0 aliphatic carbocycles. The molecule has 2 saturated heterocycles. The number of aromatic nitrogens is 1. The zero-order chi connectivity index (χ0) is 22.0. The molecule has 0 radical (unpaired) electrons. The number of hydrogen-bond donors (Lipinski definition) is 1. The molecule has 2 aromatic carbocycles. The number of rotatable bonds is 5. The smallest absolute Gasteiger partial charge is 0.255 e. The van der Waals surface area contributed by atoms with Crippen molar-refractivity contribution in [3.8, 4) is 0 Å². The lowest BCUT2D eigenvalue weighted by atomic mass is 9.74. The molecule has 5 nitrogen and oxygen atoms in total. The first-order valence-corrected chi connectivity index (χ1v) is 11.4. The lowest BCUT2D eigenvalue weighted by molar-refractivity contribution is 0.0487. The Kier molecular flexibility index (Phi) is 5.79. The fourth-order valence-electron chi connectivity index (χ4n) is 4.92. The van der Waals surface area contributed by atoms with Crippen LogP contribution in [-0.4, -0.2) is 43.7 Å². The van der Waals surface area contributed by atoms with Gasteiger partial charge in [-0.1, -0.05) is 30.3 Å². The Morgan fingerprint density at radius 3 is 2.53 bits per heavy atom. The largest absolute Gasteiger partial charge is 0.381 e. The minimum absolute atomic E-state index is 0.113. The number of amides is 1. The van der Waals surface area contributed by atoms with Crippen molar-refractivity contribution in [1.29, 1.82) is 0 Å². The first-order chi connectivity index (χ1) is 15.6. The second-order valence-electron chi connectivity index (χ2n) is 8.83. The monoisotopic (exact) mass is 433 g/mol. The van der Waals surface area contributed by atoms with Crippen molar-refractivity contribution in [2.45, 2.75) is 31.1 Å². The zero-order valence-corrected chi connectivity index (χ0v) is 18.1. The van der Waals surface area contributed by atoms with Gasteiger partial charge in [-0.25, -0.2) is 9.37 Å². The second kappa shape index (κ2) is 8.87. The Bertz CT molecular complexity index is 1100. The minimum Gasteiger partial charge on any atom is -0.381 e. The van der Waals surface area contributed by atoms with E-state index >= 15 is 0 Å². The lowest BCUT2D eigenvalue weighted by Gasteiger charge is -2.38. The molecule has 5 rings (SSSR count). The third-order valence-electron chi connectivity index (χ3n) is 6.85. The summed E-state index contributed by atoms with van der Waals surface area (Å²) in [4.78, 5) is 20.5. The number of anilines is 1. The Hall–Kier alpha value is -2.99. The molecule has 1 aromatic heterocycles. The van der Waals surface area contributed by atoms with E-state index in [0.29, 0.717) is 25.3 Å². The summed E-state index contributed by atoms with van der Waals surface area (Å²) in [5, 5.41) is 4.15. The summed E-state index contributed by atoms with van der Waals surface area (Å²) in [5.41, 5.74) is 2.30. The molecule has 2 fully saturated rings. The molecule has 2 aliphatic rings. The molecule has 0 unspecified atom stereocenters. The van der Waals surface area contributed by atoms with E-state index in [9.17, 15) is 9.18 Å². The van der Waals surface area contributed by atoms with Crippen LogP contribution in [0.4, 0.5) is 10.2 Å². The quantitative estimate of drug-likeness (QED) is 0.646. The standard InChI is InChI=1S/C26H28FN3O2/c27-21-9-7-20(8-10-21)26(11-15-32-16-12-26)18-28-25(31)22-17-19-5-1-2-6-23(19)29-24(22)30-13-3-4-14-30/h1-2,5-10,17H,3-4,11-16,18H2,(H,28,31). The van der Waals surface area contributed by atoms with Crippen LogP contribution in [0.3, 0.4) is 0 Å². The Balaban J connectivity index is 1.44. The molecule has 3 heterocycles. The number of halogens is 1. The Morgan fingerprint density at radius 1 is 1.06 bits per heavy atom. The molecule has 0 spiro atoms. The van der Waals surface area contributed by atoms with Gasteiger partial charge in [-0.2, -0.15) is 0 Å². The van der Waals surface area contributed by atoms with Crippen LogP contribution in [0.5, 0.6) is 0 Å². The minimum atomic E-state index is -0.264. The van der Waals surface area contributed by atoms with Crippen LogP contribution in [0.1, 0.15) is 41.6 Å². The molecule has 3 aromatic rings. The Labute approximate surface area is 187 Å². The molecule has 0 bridgehead atoms. The van der Waals surface area contributed by atoms with Gasteiger partial charge in [-0.05, 0) is 55.5 Å². The average molecular weight is 434 g/mol. The van der Waals surface area contributed by atoms with Gasteiger partial charge in [-0.3, -0.25) is 4.79 Å². The number of hydrogen-bond acceptors (Lipinski definition) is 4. The van der Waals surface area contributed by atoms with Crippen LogP contribution in [0.25, 0.3) is 10.9 Å². The van der Waals surface area contributed by atoms with Crippen molar-refractivity contribution >= 4 is 22.6 Å². The lowest BCUT2D eigenvalue weighted by Crippen LogP contribution is -2.44. The van der Waals surface area contributed by atoms with E-state index in [1.54, 1.807) is 0 Å². The van der Waals surface area contributed by atoms with Gasteiger partial charge in [0.05, 0.1) is 11.1 Å². The Morgan fingerprint density at radius 2 is 1.78 bits per heavy atom. The van der Waals surface area contributed by atoms with Gasteiger partial charge < -0.3 is 15.0 Å². The maximum atomic E-state index is 13.5. The third-order valence-corrected chi connectivity index (χ3v) is 6.85.